The van der Waals surface area contributed by atoms with Crippen LogP contribution in [0.2, 0.25) is 5.02 Å². The Labute approximate surface area is 215 Å². The van der Waals surface area contributed by atoms with Gasteiger partial charge in [0.25, 0.3) is 0 Å². The van der Waals surface area contributed by atoms with Crippen molar-refractivity contribution in [2.24, 2.45) is 5.73 Å². The van der Waals surface area contributed by atoms with Gasteiger partial charge in [0.1, 0.15) is 11.9 Å². The molecule has 9 nitrogen and oxygen atoms in total. The molecule has 0 radical (unpaired) electrons. The Morgan fingerprint density at radius 1 is 1.29 bits per heavy atom. The van der Waals surface area contributed by atoms with Gasteiger partial charge in [-0.1, -0.05) is 54.1 Å². The van der Waals surface area contributed by atoms with Crippen LogP contribution in [0.15, 0.2) is 58.3 Å². The fourth-order valence-corrected chi connectivity index (χ4v) is 4.09. The average molecular weight is 604 g/mol. The number of carbonyl (C=O) groups excluding carboxylic acids is 2. The topological polar surface area (TPSA) is 109 Å². The zero-order valence-corrected chi connectivity index (χ0v) is 21.1. The minimum Gasteiger partial charge on any atom is -0.328 e. The minimum absolute atomic E-state index is 0.0339. The molecule has 0 aromatic heterocycles. The molecule has 2 aromatic carbocycles. The summed E-state index contributed by atoms with van der Waals surface area (Å²) in [5, 5.41) is 2.27. The van der Waals surface area contributed by atoms with Crippen LogP contribution in [0.1, 0.15) is 24.2 Å². The Bertz CT molecular complexity index is 1050. The molecule has 0 bridgehead atoms. The highest BCUT2D eigenvalue weighted by molar-refractivity contribution is 14.1. The number of halogens is 3. The highest BCUT2D eigenvalue weighted by Gasteiger charge is 2.30. The molecule has 0 fully saturated rings. The standard InChI is InChI=1S/C22H24ClFIN5O4/c1-14(31)30(27-11-16-8-5-9-18(24)20(16)23)17(10-26)13-33-28-22(32)29-12-19(25)21(34-29)15-6-3-2-4-7-15/h2-9,12,17,21,27H,10-11,13,26H2,1H3,(H,28,32)/t17-,21?/m0/s1. The number of amides is 3. The van der Waals surface area contributed by atoms with E-state index in [1.807, 2.05) is 30.3 Å². The maximum Gasteiger partial charge on any atom is 0.369 e. The molecule has 0 aliphatic carbocycles. The first-order valence-electron chi connectivity index (χ1n) is 10.3. The number of rotatable bonds is 9. The first-order chi connectivity index (χ1) is 16.3. The summed E-state index contributed by atoms with van der Waals surface area (Å²) in [5.41, 5.74) is 12.4. The van der Waals surface area contributed by atoms with Crippen LogP contribution in [0, 0.1) is 5.82 Å². The molecule has 12 heteroatoms. The van der Waals surface area contributed by atoms with Crippen LogP contribution in [0.25, 0.3) is 0 Å². The van der Waals surface area contributed by atoms with E-state index in [2.05, 4.69) is 33.5 Å². The van der Waals surface area contributed by atoms with Crippen LogP contribution < -0.4 is 16.6 Å². The summed E-state index contributed by atoms with van der Waals surface area (Å²) in [5.74, 6) is -0.900. The summed E-state index contributed by atoms with van der Waals surface area (Å²) < 4.78 is 14.5. The van der Waals surface area contributed by atoms with Crippen molar-refractivity contribution >= 4 is 46.1 Å². The van der Waals surface area contributed by atoms with Gasteiger partial charge < -0.3 is 5.73 Å². The van der Waals surface area contributed by atoms with Gasteiger partial charge in [0, 0.05) is 23.6 Å². The number of nitrogens with zero attached hydrogens (tertiary/aromatic N) is 2. The van der Waals surface area contributed by atoms with Gasteiger partial charge in [-0.15, -0.1) is 0 Å². The molecule has 2 aromatic rings. The van der Waals surface area contributed by atoms with Crippen molar-refractivity contribution in [3.63, 3.8) is 0 Å². The first-order valence-corrected chi connectivity index (χ1v) is 11.7. The second-order valence-electron chi connectivity index (χ2n) is 7.28. The Morgan fingerprint density at radius 3 is 2.71 bits per heavy atom. The molecule has 0 saturated carbocycles. The lowest BCUT2D eigenvalue weighted by Crippen LogP contribution is -2.54. The van der Waals surface area contributed by atoms with Gasteiger partial charge in [0.15, 0.2) is 0 Å². The fourth-order valence-electron chi connectivity index (χ4n) is 3.17. The molecule has 3 rings (SSSR count). The van der Waals surface area contributed by atoms with Gasteiger partial charge in [0.2, 0.25) is 5.91 Å². The smallest absolute Gasteiger partial charge is 0.328 e. The lowest BCUT2D eigenvalue weighted by molar-refractivity contribution is -0.138. The van der Waals surface area contributed by atoms with E-state index in [4.69, 9.17) is 27.0 Å². The molecule has 2 atom stereocenters. The molecule has 4 N–H and O–H groups in total. The molecule has 1 aliphatic rings. The third-order valence-corrected chi connectivity index (χ3v) is 6.16. The van der Waals surface area contributed by atoms with Crippen molar-refractivity contribution in [3.8, 4) is 0 Å². The van der Waals surface area contributed by atoms with Crippen molar-refractivity contribution in [1.29, 1.82) is 0 Å². The third kappa shape index (κ3) is 6.64. The number of nitrogens with two attached hydrogens (primary N) is 1. The molecule has 3 amide bonds. The molecule has 34 heavy (non-hydrogen) atoms. The lowest BCUT2D eigenvalue weighted by atomic mass is 10.1. The van der Waals surface area contributed by atoms with E-state index in [0.717, 1.165) is 14.2 Å². The predicted octanol–water partition coefficient (Wildman–Crippen LogP) is 3.57. The summed E-state index contributed by atoms with van der Waals surface area (Å²) in [6, 6.07) is 12.6. The largest absolute Gasteiger partial charge is 0.369 e. The minimum atomic E-state index is -0.641. The van der Waals surface area contributed by atoms with Gasteiger partial charge >= 0.3 is 6.03 Å². The van der Waals surface area contributed by atoms with Crippen molar-refractivity contribution < 1.29 is 23.7 Å². The van der Waals surface area contributed by atoms with Crippen LogP contribution in [0.5, 0.6) is 0 Å². The highest BCUT2D eigenvalue weighted by atomic mass is 127. The molecular formula is C22H24ClFIN5O4. The van der Waals surface area contributed by atoms with E-state index in [-0.39, 0.29) is 30.6 Å². The molecule has 1 aliphatic heterocycles. The summed E-state index contributed by atoms with van der Waals surface area (Å²) in [6.45, 7) is 1.36. The zero-order chi connectivity index (χ0) is 24.7. The molecule has 1 heterocycles. The van der Waals surface area contributed by atoms with E-state index in [1.54, 1.807) is 12.3 Å². The van der Waals surface area contributed by atoms with Crippen LogP contribution in [-0.2, 0) is 21.0 Å². The molecule has 1 unspecified atom stereocenters. The molecular weight excluding hydrogens is 580 g/mol. The Balaban J connectivity index is 1.52. The van der Waals surface area contributed by atoms with Crippen molar-refractivity contribution in [3.05, 3.63) is 80.3 Å². The SMILES string of the molecule is CC(=O)N(NCc1cccc(F)c1Cl)[C@@H](CN)CONC(=O)N1C=C(I)C(c2ccccc2)O1. The van der Waals surface area contributed by atoms with Crippen molar-refractivity contribution in [2.75, 3.05) is 13.2 Å². The fraction of sp³-hybridized carbons (Fsp3) is 0.273. The predicted molar refractivity (Wildman–Crippen MR) is 132 cm³/mol. The molecule has 0 saturated heterocycles. The number of hydrogen-bond acceptors (Lipinski definition) is 6. The zero-order valence-electron chi connectivity index (χ0n) is 18.2. The van der Waals surface area contributed by atoms with E-state index in [1.165, 1.54) is 24.1 Å². The average Bonchev–Trinajstić information content (AvgIpc) is 3.22. The normalized spacial score (nSPS) is 16.2. The number of hydroxylamine groups is 3. The third-order valence-electron chi connectivity index (χ3n) is 4.90. The van der Waals surface area contributed by atoms with Crippen LogP contribution in [-0.4, -0.2) is 41.2 Å². The first kappa shape index (κ1) is 26.3. The summed E-state index contributed by atoms with van der Waals surface area (Å²) >= 11 is 8.08. The second kappa shape index (κ2) is 12.4. The van der Waals surface area contributed by atoms with Gasteiger partial charge in [-0.25, -0.2) is 20.1 Å². The Hall–Kier alpha value is -2.29. The van der Waals surface area contributed by atoms with Crippen LogP contribution in [0.4, 0.5) is 9.18 Å². The van der Waals surface area contributed by atoms with Crippen molar-refractivity contribution in [1.82, 2.24) is 21.0 Å². The monoisotopic (exact) mass is 603 g/mol. The maximum absolute atomic E-state index is 13.7. The van der Waals surface area contributed by atoms with E-state index in [9.17, 15) is 14.0 Å². The number of urea groups is 1. The molecule has 0 spiro atoms. The Kier molecular flexibility index (Phi) is 9.62. The van der Waals surface area contributed by atoms with Gasteiger partial charge in [0.05, 0.1) is 23.9 Å². The van der Waals surface area contributed by atoms with Crippen LogP contribution >= 0.6 is 34.2 Å². The quantitative estimate of drug-likeness (QED) is 0.299. The highest BCUT2D eigenvalue weighted by Crippen LogP contribution is 2.36. The van der Waals surface area contributed by atoms with Gasteiger partial charge in [-0.3, -0.25) is 19.5 Å². The van der Waals surface area contributed by atoms with E-state index in [0.29, 0.717) is 5.56 Å². The van der Waals surface area contributed by atoms with Crippen molar-refractivity contribution in [2.45, 2.75) is 25.6 Å². The number of nitrogens with one attached hydrogen (secondary N) is 2. The lowest BCUT2D eigenvalue weighted by Gasteiger charge is -2.30. The second-order valence-corrected chi connectivity index (χ2v) is 8.90. The maximum atomic E-state index is 13.7. The van der Waals surface area contributed by atoms with Gasteiger partial charge in [-0.05, 0) is 39.8 Å². The van der Waals surface area contributed by atoms with Gasteiger partial charge in [-0.2, -0.15) is 5.06 Å². The van der Waals surface area contributed by atoms with E-state index < -0.39 is 24.0 Å². The molecule has 182 valence electrons. The summed E-state index contributed by atoms with van der Waals surface area (Å²) in [4.78, 5) is 35.6. The Morgan fingerprint density at radius 2 is 2.03 bits per heavy atom. The number of hydrazine groups is 1. The summed E-state index contributed by atoms with van der Waals surface area (Å²) in [7, 11) is 0. The number of benzene rings is 2. The number of carbonyl (C=O) groups is 2. The summed E-state index contributed by atoms with van der Waals surface area (Å²) in [6.07, 6.45) is 1.17. The number of hydrogen-bond donors (Lipinski definition) is 3. The van der Waals surface area contributed by atoms with E-state index >= 15 is 0 Å². The van der Waals surface area contributed by atoms with Crippen LogP contribution in [0.3, 0.4) is 0 Å².